The maximum absolute atomic E-state index is 13.8. The molecule has 36 heavy (non-hydrogen) atoms. The van der Waals surface area contributed by atoms with Crippen molar-refractivity contribution in [1.29, 1.82) is 0 Å². The SMILES string of the molecule is CCc1cccc(CNC[C@H](O)[C@@H](Cc2cc(F)cc(F)c2)NC(=O)c2cn(C)c3ccccc23)c1. The lowest BCUT2D eigenvalue weighted by molar-refractivity contribution is 0.0831. The van der Waals surface area contributed by atoms with Gasteiger partial charge in [-0.25, -0.2) is 8.78 Å². The van der Waals surface area contributed by atoms with Gasteiger partial charge in [0.15, 0.2) is 0 Å². The normalized spacial score (nSPS) is 13.0. The van der Waals surface area contributed by atoms with E-state index in [4.69, 9.17) is 0 Å². The van der Waals surface area contributed by atoms with Crippen LogP contribution in [0.5, 0.6) is 0 Å². The third kappa shape index (κ3) is 6.17. The molecular weight excluding hydrogens is 460 g/mol. The van der Waals surface area contributed by atoms with Gasteiger partial charge in [0, 0.05) is 43.3 Å². The van der Waals surface area contributed by atoms with Crippen LogP contribution in [0.4, 0.5) is 8.78 Å². The highest BCUT2D eigenvalue weighted by Gasteiger charge is 2.24. The van der Waals surface area contributed by atoms with Crippen LogP contribution in [0.15, 0.2) is 72.9 Å². The van der Waals surface area contributed by atoms with Gasteiger partial charge >= 0.3 is 0 Å². The number of fused-ring (bicyclic) bond motifs is 1. The molecule has 0 fully saturated rings. The van der Waals surface area contributed by atoms with Crippen molar-refractivity contribution in [2.75, 3.05) is 6.54 Å². The number of amides is 1. The number of benzene rings is 3. The number of aromatic nitrogens is 1. The lowest BCUT2D eigenvalue weighted by atomic mass is 10.00. The summed E-state index contributed by atoms with van der Waals surface area (Å²) in [5.41, 5.74) is 4.04. The lowest BCUT2D eigenvalue weighted by Gasteiger charge is -2.25. The van der Waals surface area contributed by atoms with E-state index in [1.807, 2.05) is 48.0 Å². The molecule has 188 valence electrons. The molecule has 1 aromatic heterocycles. The summed E-state index contributed by atoms with van der Waals surface area (Å²) in [4.78, 5) is 13.3. The van der Waals surface area contributed by atoms with Crippen molar-refractivity contribution in [2.24, 2.45) is 7.05 Å². The molecule has 5 nitrogen and oxygen atoms in total. The Bertz CT molecular complexity index is 1330. The van der Waals surface area contributed by atoms with Crippen molar-refractivity contribution in [2.45, 2.75) is 38.5 Å². The minimum absolute atomic E-state index is 0.0688. The molecule has 0 saturated heterocycles. The van der Waals surface area contributed by atoms with Crippen molar-refractivity contribution in [3.63, 3.8) is 0 Å². The van der Waals surface area contributed by atoms with Gasteiger partial charge in [-0.1, -0.05) is 49.4 Å². The van der Waals surface area contributed by atoms with Crippen molar-refractivity contribution < 1.29 is 18.7 Å². The summed E-state index contributed by atoms with van der Waals surface area (Å²) < 4.78 is 29.5. The van der Waals surface area contributed by atoms with Crippen LogP contribution in [0.2, 0.25) is 0 Å². The molecule has 0 aliphatic rings. The largest absolute Gasteiger partial charge is 0.390 e. The highest BCUT2D eigenvalue weighted by molar-refractivity contribution is 6.07. The number of hydrogen-bond acceptors (Lipinski definition) is 3. The Kier molecular flexibility index (Phi) is 8.13. The maximum Gasteiger partial charge on any atom is 0.253 e. The minimum Gasteiger partial charge on any atom is -0.390 e. The summed E-state index contributed by atoms with van der Waals surface area (Å²) in [6, 6.07) is 18.2. The molecule has 3 N–H and O–H groups in total. The third-order valence-corrected chi connectivity index (χ3v) is 6.38. The first kappa shape index (κ1) is 25.5. The number of aliphatic hydroxyl groups excluding tert-OH is 1. The van der Waals surface area contributed by atoms with Crippen LogP contribution in [0.3, 0.4) is 0 Å². The van der Waals surface area contributed by atoms with Crippen molar-refractivity contribution >= 4 is 16.8 Å². The van der Waals surface area contributed by atoms with Crippen LogP contribution in [0, 0.1) is 11.6 Å². The summed E-state index contributed by atoms with van der Waals surface area (Å²) in [7, 11) is 1.86. The number of aliphatic hydroxyl groups is 1. The Morgan fingerprint density at radius 3 is 2.44 bits per heavy atom. The zero-order valence-electron chi connectivity index (χ0n) is 20.5. The Morgan fingerprint density at radius 2 is 1.69 bits per heavy atom. The zero-order valence-corrected chi connectivity index (χ0v) is 20.5. The molecule has 0 spiro atoms. The summed E-state index contributed by atoms with van der Waals surface area (Å²) >= 11 is 0. The van der Waals surface area contributed by atoms with E-state index in [1.165, 1.54) is 17.7 Å². The Balaban J connectivity index is 1.51. The fraction of sp³-hybridized carbons (Fsp3) is 0.276. The Hall–Kier alpha value is -3.55. The maximum atomic E-state index is 13.8. The van der Waals surface area contributed by atoms with Gasteiger partial charge in [-0.05, 0) is 47.7 Å². The number of nitrogens with one attached hydrogen (secondary N) is 2. The number of rotatable bonds is 10. The number of aryl methyl sites for hydroxylation is 2. The molecule has 0 saturated carbocycles. The highest BCUT2D eigenvalue weighted by atomic mass is 19.1. The van der Waals surface area contributed by atoms with Crippen LogP contribution in [-0.2, 0) is 26.4 Å². The zero-order chi connectivity index (χ0) is 25.7. The van der Waals surface area contributed by atoms with Gasteiger partial charge in [0.1, 0.15) is 11.6 Å². The molecule has 4 rings (SSSR count). The van der Waals surface area contributed by atoms with Gasteiger partial charge in [-0.3, -0.25) is 4.79 Å². The first-order chi connectivity index (χ1) is 17.3. The smallest absolute Gasteiger partial charge is 0.253 e. The second kappa shape index (κ2) is 11.5. The third-order valence-electron chi connectivity index (χ3n) is 6.38. The Labute approximate surface area is 209 Å². The number of carbonyl (C=O) groups is 1. The minimum atomic E-state index is -0.996. The summed E-state index contributed by atoms with van der Waals surface area (Å²) in [6.45, 7) is 2.83. The molecule has 0 aliphatic carbocycles. The van der Waals surface area contributed by atoms with E-state index in [-0.39, 0.29) is 18.9 Å². The number of para-hydroxylation sites is 1. The summed E-state index contributed by atoms with van der Waals surface area (Å²) in [6.07, 6.45) is 1.75. The summed E-state index contributed by atoms with van der Waals surface area (Å²) in [5.74, 6) is -1.76. The van der Waals surface area contributed by atoms with Gasteiger partial charge in [0.05, 0.1) is 17.7 Å². The molecule has 1 heterocycles. The van der Waals surface area contributed by atoms with Crippen LogP contribution in [0.25, 0.3) is 10.9 Å². The second-order valence-corrected chi connectivity index (χ2v) is 9.10. The molecule has 0 radical (unpaired) electrons. The van der Waals surface area contributed by atoms with Gasteiger partial charge in [-0.2, -0.15) is 0 Å². The molecule has 0 aliphatic heterocycles. The molecule has 7 heteroatoms. The molecule has 2 atom stereocenters. The quantitative estimate of drug-likeness (QED) is 0.306. The topological polar surface area (TPSA) is 66.3 Å². The summed E-state index contributed by atoms with van der Waals surface area (Å²) in [5, 5.41) is 18.0. The second-order valence-electron chi connectivity index (χ2n) is 9.10. The van der Waals surface area contributed by atoms with Gasteiger partial charge < -0.3 is 20.3 Å². The molecule has 4 aromatic rings. The van der Waals surface area contributed by atoms with Crippen molar-refractivity contribution in [3.05, 3.63) is 107 Å². The molecule has 1 amide bonds. The van der Waals surface area contributed by atoms with Gasteiger partial charge in [-0.15, -0.1) is 0 Å². The lowest BCUT2D eigenvalue weighted by Crippen LogP contribution is -2.48. The average molecular weight is 492 g/mol. The predicted molar refractivity (Wildman–Crippen MR) is 138 cm³/mol. The molecular formula is C29H31F2N3O2. The molecule has 0 unspecified atom stereocenters. The van der Waals surface area contributed by atoms with E-state index >= 15 is 0 Å². The first-order valence-corrected chi connectivity index (χ1v) is 12.1. The van der Waals surface area contributed by atoms with E-state index in [1.54, 1.807) is 6.20 Å². The van der Waals surface area contributed by atoms with Crippen LogP contribution in [0.1, 0.15) is 34.0 Å². The fourth-order valence-corrected chi connectivity index (χ4v) is 4.50. The number of nitrogens with zero attached hydrogens (tertiary/aromatic N) is 1. The van der Waals surface area contributed by atoms with E-state index in [2.05, 4.69) is 29.7 Å². The van der Waals surface area contributed by atoms with E-state index in [9.17, 15) is 18.7 Å². The van der Waals surface area contributed by atoms with Crippen LogP contribution < -0.4 is 10.6 Å². The average Bonchev–Trinajstić information content (AvgIpc) is 3.20. The van der Waals surface area contributed by atoms with Gasteiger partial charge in [0.2, 0.25) is 0 Å². The van der Waals surface area contributed by atoms with Crippen molar-refractivity contribution in [1.82, 2.24) is 15.2 Å². The monoisotopic (exact) mass is 491 g/mol. The first-order valence-electron chi connectivity index (χ1n) is 12.1. The van der Waals surface area contributed by atoms with E-state index in [0.29, 0.717) is 17.7 Å². The van der Waals surface area contributed by atoms with Crippen molar-refractivity contribution in [3.8, 4) is 0 Å². The Morgan fingerprint density at radius 1 is 0.972 bits per heavy atom. The van der Waals surface area contributed by atoms with Crippen LogP contribution >= 0.6 is 0 Å². The molecule has 3 aromatic carbocycles. The standard InChI is InChI=1S/C29H31F2N3O2/c1-3-19-7-6-8-20(11-19)16-32-17-28(35)26(14-21-12-22(30)15-23(31)13-21)33-29(36)25-18-34(2)27-10-5-4-9-24(25)27/h4-13,15,18,26,28,32,35H,3,14,16-17H2,1-2H3,(H,33,36)/t26-,28+/m1/s1. The molecule has 0 bridgehead atoms. The highest BCUT2D eigenvalue weighted by Crippen LogP contribution is 2.21. The van der Waals surface area contributed by atoms with E-state index < -0.39 is 23.8 Å². The predicted octanol–water partition coefficient (Wildman–Crippen LogP) is 4.51. The van der Waals surface area contributed by atoms with Gasteiger partial charge in [0.25, 0.3) is 5.91 Å². The van der Waals surface area contributed by atoms with Crippen LogP contribution in [-0.4, -0.2) is 34.3 Å². The number of hydrogen-bond donors (Lipinski definition) is 3. The number of carbonyl (C=O) groups excluding carboxylic acids is 1. The fourth-order valence-electron chi connectivity index (χ4n) is 4.50. The number of halogens is 2. The van der Waals surface area contributed by atoms with E-state index in [0.717, 1.165) is 29.0 Å².